The summed E-state index contributed by atoms with van der Waals surface area (Å²) in [7, 11) is 0. The molecule has 0 fully saturated rings. The van der Waals surface area contributed by atoms with E-state index in [4.69, 9.17) is 5.26 Å². The standard InChI is InChI=1S/C18H20N2O/c1-4-11-20-17(10-9-16(12-19)18(20)21)15-7-5-14(6-8-15)13(2)3/h5-10,13H,4,11H2,1-3H3. The van der Waals surface area contributed by atoms with E-state index >= 15 is 0 Å². The lowest BCUT2D eigenvalue weighted by Crippen LogP contribution is -2.23. The summed E-state index contributed by atoms with van der Waals surface area (Å²) in [5.41, 5.74) is 3.15. The molecule has 0 bridgehead atoms. The normalized spacial score (nSPS) is 10.6. The van der Waals surface area contributed by atoms with Crippen LogP contribution in [0.15, 0.2) is 41.2 Å². The van der Waals surface area contributed by atoms with Gasteiger partial charge < -0.3 is 4.57 Å². The van der Waals surface area contributed by atoms with E-state index in [-0.39, 0.29) is 11.1 Å². The van der Waals surface area contributed by atoms with E-state index < -0.39 is 0 Å². The third-order valence-corrected chi connectivity index (χ3v) is 3.62. The zero-order valence-corrected chi connectivity index (χ0v) is 12.8. The molecule has 0 radical (unpaired) electrons. The van der Waals surface area contributed by atoms with Crippen molar-refractivity contribution in [3.8, 4) is 17.3 Å². The van der Waals surface area contributed by atoms with Crippen LogP contribution in [0.3, 0.4) is 0 Å². The monoisotopic (exact) mass is 280 g/mol. The molecule has 3 heteroatoms. The van der Waals surface area contributed by atoms with Crippen LogP contribution in [-0.4, -0.2) is 4.57 Å². The van der Waals surface area contributed by atoms with Gasteiger partial charge in [0, 0.05) is 6.54 Å². The van der Waals surface area contributed by atoms with Crippen molar-refractivity contribution in [2.45, 2.75) is 39.7 Å². The Morgan fingerprint density at radius 3 is 2.33 bits per heavy atom. The Morgan fingerprint density at radius 1 is 1.14 bits per heavy atom. The quantitative estimate of drug-likeness (QED) is 0.852. The van der Waals surface area contributed by atoms with Crippen molar-refractivity contribution in [1.29, 1.82) is 5.26 Å². The molecule has 0 amide bonds. The van der Waals surface area contributed by atoms with Crippen molar-refractivity contribution in [1.82, 2.24) is 4.57 Å². The van der Waals surface area contributed by atoms with Crippen molar-refractivity contribution in [2.75, 3.05) is 0 Å². The Morgan fingerprint density at radius 2 is 1.81 bits per heavy atom. The first-order valence-electron chi connectivity index (χ1n) is 7.32. The Hall–Kier alpha value is -2.34. The fourth-order valence-electron chi connectivity index (χ4n) is 2.40. The fourth-order valence-corrected chi connectivity index (χ4v) is 2.40. The topological polar surface area (TPSA) is 45.8 Å². The second kappa shape index (κ2) is 6.41. The van der Waals surface area contributed by atoms with E-state index in [0.717, 1.165) is 17.7 Å². The molecule has 2 rings (SSSR count). The maximum atomic E-state index is 12.3. The number of nitrogens with zero attached hydrogens (tertiary/aromatic N) is 2. The number of aromatic nitrogens is 1. The highest BCUT2D eigenvalue weighted by Crippen LogP contribution is 2.22. The zero-order valence-electron chi connectivity index (χ0n) is 12.8. The highest BCUT2D eigenvalue weighted by Gasteiger charge is 2.10. The number of hydrogen-bond donors (Lipinski definition) is 0. The smallest absolute Gasteiger partial charge is 0.268 e. The first-order valence-corrected chi connectivity index (χ1v) is 7.32. The Bertz CT molecular complexity index is 718. The highest BCUT2D eigenvalue weighted by atomic mass is 16.1. The summed E-state index contributed by atoms with van der Waals surface area (Å²) < 4.78 is 1.70. The minimum Gasteiger partial charge on any atom is -0.307 e. The number of pyridine rings is 1. The number of nitriles is 1. The molecule has 0 atom stereocenters. The van der Waals surface area contributed by atoms with Crippen molar-refractivity contribution in [2.24, 2.45) is 0 Å². The van der Waals surface area contributed by atoms with Gasteiger partial charge in [-0.3, -0.25) is 4.79 Å². The van der Waals surface area contributed by atoms with Gasteiger partial charge in [0.05, 0.1) is 5.69 Å². The molecule has 1 heterocycles. The van der Waals surface area contributed by atoms with Gasteiger partial charge in [-0.15, -0.1) is 0 Å². The summed E-state index contributed by atoms with van der Waals surface area (Å²) in [5, 5.41) is 9.01. The van der Waals surface area contributed by atoms with E-state index in [1.165, 1.54) is 5.56 Å². The predicted molar refractivity (Wildman–Crippen MR) is 85.2 cm³/mol. The fraction of sp³-hybridized carbons (Fsp3) is 0.333. The van der Waals surface area contributed by atoms with Crippen LogP contribution in [0.2, 0.25) is 0 Å². The summed E-state index contributed by atoms with van der Waals surface area (Å²) in [6.45, 7) is 6.96. The van der Waals surface area contributed by atoms with Crippen LogP contribution in [0.1, 0.15) is 44.2 Å². The number of rotatable bonds is 4. The molecule has 0 unspecified atom stereocenters. The largest absolute Gasteiger partial charge is 0.307 e. The number of benzene rings is 1. The van der Waals surface area contributed by atoms with Crippen LogP contribution < -0.4 is 5.56 Å². The van der Waals surface area contributed by atoms with E-state index in [9.17, 15) is 4.79 Å². The SMILES string of the molecule is CCCn1c(-c2ccc(C(C)C)cc2)ccc(C#N)c1=O. The average Bonchev–Trinajstić information content (AvgIpc) is 2.49. The van der Waals surface area contributed by atoms with Crippen LogP contribution in [0, 0.1) is 11.3 Å². The third kappa shape index (κ3) is 3.05. The van der Waals surface area contributed by atoms with Crippen molar-refractivity contribution in [3.05, 3.63) is 57.9 Å². The molecule has 21 heavy (non-hydrogen) atoms. The first-order chi connectivity index (χ1) is 10.1. The summed E-state index contributed by atoms with van der Waals surface area (Å²) in [5.74, 6) is 0.484. The van der Waals surface area contributed by atoms with Crippen molar-refractivity contribution < 1.29 is 0 Å². The lowest BCUT2D eigenvalue weighted by Gasteiger charge is -2.13. The molecule has 0 saturated carbocycles. The van der Waals surface area contributed by atoms with Gasteiger partial charge in [0.15, 0.2) is 0 Å². The molecule has 0 spiro atoms. The summed E-state index contributed by atoms with van der Waals surface area (Å²) in [4.78, 5) is 12.3. The molecule has 0 aliphatic rings. The van der Waals surface area contributed by atoms with Gasteiger partial charge in [0.2, 0.25) is 0 Å². The molecule has 1 aromatic carbocycles. The van der Waals surface area contributed by atoms with Crippen LogP contribution in [0.5, 0.6) is 0 Å². The van der Waals surface area contributed by atoms with Gasteiger partial charge in [-0.25, -0.2) is 0 Å². The maximum Gasteiger partial charge on any atom is 0.268 e. The van der Waals surface area contributed by atoms with Gasteiger partial charge in [0.1, 0.15) is 11.6 Å². The van der Waals surface area contributed by atoms with Crippen LogP contribution >= 0.6 is 0 Å². The molecule has 0 saturated heterocycles. The van der Waals surface area contributed by atoms with E-state index in [2.05, 4.69) is 26.0 Å². The summed E-state index contributed by atoms with van der Waals surface area (Å²) in [6, 6.07) is 13.7. The van der Waals surface area contributed by atoms with Gasteiger partial charge in [-0.05, 0) is 35.6 Å². The summed E-state index contributed by atoms with van der Waals surface area (Å²) >= 11 is 0. The van der Waals surface area contributed by atoms with Gasteiger partial charge in [0.25, 0.3) is 5.56 Å². The molecule has 108 valence electrons. The van der Waals surface area contributed by atoms with Crippen LogP contribution in [0.25, 0.3) is 11.3 Å². The molecule has 0 aliphatic heterocycles. The first kappa shape index (κ1) is 15.1. The molecular formula is C18H20N2O. The zero-order chi connectivity index (χ0) is 15.4. The van der Waals surface area contributed by atoms with E-state index in [1.54, 1.807) is 10.6 Å². The molecule has 3 nitrogen and oxygen atoms in total. The predicted octanol–water partition coefficient (Wildman–Crippen LogP) is 3.92. The highest BCUT2D eigenvalue weighted by molar-refractivity contribution is 5.61. The summed E-state index contributed by atoms with van der Waals surface area (Å²) in [6.07, 6.45) is 0.853. The third-order valence-electron chi connectivity index (χ3n) is 3.62. The van der Waals surface area contributed by atoms with Gasteiger partial charge >= 0.3 is 0 Å². The molecule has 0 N–H and O–H groups in total. The minimum absolute atomic E-state index is 0.200. The van der Waals surface area contributed by atoms with Crippen molar-refractivity contribution in [3.63, 3.8) is 0 Å². The second-order valence-corrected chi connectivity index (χ2v) is 5.48. The van der Waals surface area contributed by atoms with E-state index in [1.807, 2.05) is 31.2 Å². The Labute approximate surface area is 125 Å². The Balaban J connectivity index is 2.55. The number of hydrogen-bond acceptors (Lipinski definition) is 2. The molecular weight excluding hydrogens is 260 g/mol. The molecule has 0 aliphatic carbocycles. The van der Waals surface area contributed by atoms with Gasteiger partial charge in [-0.1, -0.05) is 45.0 Å². The lowest BCUT2D eigenvalue weighted by molar-refractivity contribution is 0.659. The maximum absolute atomic E-state index is 12.3. The van der Waals surface area contributed by atoms with Gasteiger partial charge in [-0.2, -0.15) is 5.26 Å². The van der Waals surface area contributed by atoms with E-state index in [0.29, 0.717) is 12.5 Å². The van der Waals surface area contributed by atoms with Crippen molar-refractivity contribution >= 4 is 0 Å². The molecule has 2 aromatic rings. The Kier molecular flexibility index (Phi) is 4.59. The minimum atomic E-state index is -0.204. The molecule has 1 aromatic heterocycles. The second-order valence-electron chi connectivity index (χ2n) is 5.48. The van der Waals surface area contributed by atoms with Crippen LogP contribution in [-0.2, 0) is 6.54 Å². The van der Waals surface area contributed by atoms with Crippen LogP contribution in [0.4, 0.5) is 0 Å². The lowest BCUT2D eigenvalue weighted by atomic mass is 10.0. The average molecular weight is 280 g/mol.